The van der Waals surface area contributed by atoms with Crippen molar-refractivity contribution in [2.24, 2.45) is 0 Å². The molecule has 2 aromatic carbocycles. The standard InChI is InChI=1S/C20H25N3O2/c1-21-18-8-6-17(7-9-18)20(24)23-12-10-22(11-13-23)15-16-4-3-5-19(14-16)25-2/h3-9,14,21H,10-13,15H2,1-2H3. The van der Waals surface area contributed by atoms with E-state index in [2.05, 4.69) is 22.3 Å². The van der Waals surface area contributed by atoms with Crippen LogP contribution in [0.1, 0.15) is 15.9 Å². The van der Waals surface area contributed by atoms with Crippen molar-refractivity contribution < 1.29 is 9.53 Å². The third kappa shape index (κ3) is 4.31. The highest BCUT2D eigenvalue weighted by Gasteiger charge is 2.22. The Morgan fingerprint density at radius 1 is 1.08 bits per heavy atom. The Bertz CT molecular complexity index is 707. The first-order valence-corrected chi connectivity index (χ1v) is 8.62. The zero-order chi connectivity index (χ0) is 17.6. The van der Waals surface area contributed by atoms with Gasteiger partial charge in [0.05, 0.1) is 7.11 Å². The van der Waals surface area contributed by atoms with Crippen molar-refractivity contribution in [3.8, 4) is 5.75 Å². The summed E-state index contributed by atoms with van der Waals surface area (Å²) in [6, 6.07) is 15.8. The van der Waals surface area contributed by atoms with Crippen LogP contribution in [0.15, 0.2) is 48.5 Å². The number of carbonyl (C=O) groups is 1. The Kier molecular flexibility index (Phi) is 5.56. The molecular weight excluding hydrogens is 314 g/mol. The maximum atomic E-state index is 12.6. The third-order valence-electron chi connectivity index (χ3n) is 4.62. The number of hydrogen-bond donors (Lipinski definition) is 1. The number of nitrogens with one attached hydrogen (secondary N) is 1. The highest BCUT2D eigenvalue weighted by molar-refractivity contribution is 5.94. The van der Waals surface area contributed by atoms with E-state index < -0.39 is 0 Å². The van der Waals surface area contributed by atoms with E-state index in [0.717, 1.165) is 49.7 Å². The van der Waals surface area contributed by atoms with Gasteiger partial charge < -0.3 is 15.0 Å². The van der Waals surface area contributed by atoms with Crippen LogP contribution in [0, 0.1) is 0 Å². The molecule has 2 aromatic rings. The van der Waals surface area contributed by atoms with Crippen molar-refractivity contribution in [1.82, 2.24) is 9.80 Å². The second-order valence-electron chi connectivity index (χ2n) is 6.25. The van der Waals surface area contributed by atoms with Crippen molar-refractivity contribution in [2.45, 2.75) is 6.54 Å². The van der Waals surface area contributed by atoms with Gasteiger partial charge in [0, 0.05) is 51.0 Å². The third-order valence-corrected chi connectivity index (χ3v) is 4.62. The van der Waals surface area contributed by atoms with E-state index in [0.29, 0.717) is 0 Å². The van der Waals surface area contributed by atoms with Gasteiger partial charge in [0.2, 0.25) is 0 Å². The van der Waals surface area contributed by atoms with Gasteiger partial charge in [0.15, 0.2) is 0 Å². The molecule has 1 amide bonds. The van der Waals surface area contributed by atoms with Gasteiger partial charge in [-0.3, -0.25) is 9.69 Å². The van der Waals surface area contributed by atoms with Crippen molar-refractivity contribution in [1.29, 1.82) is 0 Å². The molecule has 1 heterocycles. The maximum Gasteiger partial charge on any atom is 0.253 e. The number of hydrogen-bond acceptors (Lipinski definition) is 4. The molecule has 1 aliphatic heterocycles. The van der Waals surface area contributed by atoms with Crippen molar-refractivity contribution in [2.75, 3.05) is 45.7 Å². The molecule has 0 saturated carbocycles. The van der Waals surface area contributed by atoms with E-state index in [1.54, 1.807) is 7.11 Å². The number of ether oxygens (including phenoxy) is 1. The quantitative estimate of drug-likeness (QED) is 0.910. The molecule has 0 atom stereocenters. The minimum Gasteiger partial charge on any atom is -0.497 e. The first kappa shape index (κ1) is 17.3. The smallest absolute Gasteiger partial charge is 0.253 e. The Balaban J connectivity index is 1.54. The van der Waals surface area contributed by atoms with E-state index in [4.69, 9.17) is 4.74 Å². The number of nitrogens with zero attached hydrogens (tertiary/aromatic N) is 2. The molecule has 0 bridgehead atoms. The van der Waals surface area contributed by atoms with Crippen LogP contribution in [0.3, 0.4) is 0 Å². The van der Waals surface area contributed by atoms with Crippen LogP contribution >= 0.6 is 0 Å². The average Bonchev–Trinajstić information content (AvgIpc) is 2.68. The zero-order valence-corrected chi connectivity index (χ0v) is 14.9. The van der Waals surface area contributed by atoms with Gasteiger partial charge in [-0.05, 0) is 42.0 Å². The minimum absolute atomic E-state index is 0.115. The van der Waals surface area contributed by atoms with Crippen LogP contribution in [-0.2, 0) is 6.54 Å². The van der Waals surface area contributed by atoms with Gasteiger partial charge in [-0.2, -0.15) is 0 Å². The monoisotopic (exact) mass is 339 g/mol. The van der Waals surface area contributed by atoms with Crippen LogP contribution in [-0.4, -0.2) is 56.0 Å². The predicted octanol–water partition coefficient (Wildman–Crippen LogP) is 2.69. The van der Waals surface area contributed by atoms with Crippen molar-refractivity contribution in [3.63, 3.8) is 0 Å². The number of piperazine rings is 1. The second kappa shape index (κ2) is 8.03. The molecule has 0 aromatic heterocycles. The summed E-state index contributed by atoms with van der Waals surface area (Å²) in [5.74, 6) is 1.00. The average molecular weight is 339 g/mol. The fourth-order valence-electron chi connectivity index (χ4n) is 3.10. The maximum absolute atomic E-state index is 12.6. The van der Waals surface area contributed by atoms with Crippen LogP contribution in [0.5, 0.6) is 5.75 Å². The lowest BCUT2D eigenvalue weighted by atomic mass is 10.1. The van der Waals surface area contributed by atoms with E-state index in [-0.39, 0.29) is 5.91 Å². The number of carbonyl (C=O) groups excluding carboxylic acids is 1. The molecule has 0 aliphatic carbocycles. The molecule has 5 heteroatoms. The second-order valence-corrected chi connectivity index (χ2v) is 6.25. The van der Waals surface area contributed by atoms with Gasteiger partial charge in [0.1, 0.15) is 5.75 Å². The van der Waals surface area contributed by atoms with Crippen LogP contribution < -0.4 is 10.1 Å². The molecule has 1 fully saturated rings. The lowest BCUT2D eigenvalue weighted by molar-refractivity contribution is 0.0628. The Morgan fingerprint density at radius 3 is 2.44 bits per heavy atom. The summed E-state index contributed by atoms with van der Waals surface area (Å²) in [7, 11) is 3.56. The van der Waals surface area contributed by atoms with Crippen molar-refractivity contribution >= 4 is 11.6 Å². The minimum atomic E-state index is 0.115. The van der Waals surface area contributed by atoms with Crippen LogP contribution in [0.4, 0.5) is 5.69 Å². The topological polar surface area (TPSA) is 44.8 Å². The van der Waals surface area contributed by atoms with Crippen molar-refractivity contribution in [3.05, 3.63) is 59.7 Å². The lowest BCUT2D eigenvalue weighted by Gasteiger charge is -2.34. The summed E-state index contributed by atoms with van der Waals surface area (Å²) < 4.78 is 5.28. The first-order valence-electron chi connectivity index (χ1n) is 8.62. The Labute approximate surface area is 149 Å². The first-order chi connectivity index (χ1) is 12.2. The predicted molar refractivity (Wildman–Crippen MR) is 100 cm³/mol. The summed E-state index contributed by atoms with van der Waals surface area (Å²) in [4.78, 5) is 16.9. The van der Waals surface area contributed by atoms with Crippen LogP contribution in [0.25, 0.3) is 0 Å². The summed E-state index contributed by atoms with van der Waals surface area (Å²) >= 11 is 0. The van der Waals surface area contributed by atoms with E-state index in [1.165, 1.54) is 5.56 Å². The highest BCUT2D eigenvalue weighted by atomic mass is 16.5. The van der Waals surface area contributed by atoms with E-state index >= 15 is 0 Å². The fraction of sp³-hybridized carbons (Fsp3) is 0.350. The molecule has 1 N–H and O–H groups in total. The van der Waals surface area contributed by atoms with Gasteiger partial charge >= 0.3 is 0 Å². The van der Waals surface area contributed by atoms with Crippen LogP contribution in [0.2, 0.25) is 0 Å². The number of methoxy groups -OCH3 is 1. The molecule has 1 aliphatic rings. The lowest BCUT2D eigenvalue weighted by Crippen LogP contribution is -2.48. The van der Waals surface area contributed by atoms with Gasteiger partial charge in [-0.1, -0.05) is 12.1 Å². The fourth-order valence-corrected chi connectivity index (χ4v) is 3.10. The molecule has 3 rings (SSSR count). The SMILES string of the molecule is CNc1ccc(C(=O)N2CCN(Cc3cccc(OC)c3)CC2)cc1. The number of amides is 1. The molecular formula is C20H25N3O2. The molecule has 1 saturated heterocycles. The summed E-state index contributed by atoms with van der Waals surface area (Å²) in [5.41, 5.74) is 3.00. The molecule has 0 unspecified atom stereocenters. The summed E-state index contributed by atoms with van der Waals surface area (Å²) in [5, 5.41) is 3.07. The molecule has 5 nitrogen and oxygen atoms in total. The molecule has 0 radical (unpaired) electrons. The molecule has 132 valence electrons. The number of rotatable bonds is 5. The summed E-state index contributed by atoms with van der Waals surface area (Å²) in [6.07, 6.45) is 0. The normalized spacial score (nSPS) is 15.0. The summed E-state index contributed by atoms with van der Waals surface area (Å²) in [6.45, 7) is 4.18. The van der Waals surface area contributed by atoms with Gasteiger partial charge in [-0.25, -0.2) is 0 Å². The highest BCUT2D eigenvalue weighted by Crippen LogP contribution is 2.17. The van der Waals surface area contributed by atoms with Gasteiger partial charge in [-0.15, -0.1) is 0 Å². The largest absolute Gasteiger partial charge is 0.497 e. The van der Waals surface area contributed by atoms with E-state index in [9.17, 15) is 4.79 Å². The Hall–Kier alpha value is -2.53. The van der Waals surface area contributed by atoms with E-state index in [1.807, 2.05) is 48.3 Å². The molecule has 25 heavy (non-hydrogen) atoms. The zero-order valence-electron chi connectivity index (χ0n) is 14.9. The van der Waals surface area contributed by atoms with Gasteiger partial charge in [0.25, 0.3) is 5.91 Å². The number of benzene rings is 2. The molecule has 0 spiro atoms. The number of anilines is 1. The Morgan fingerprint density at radius 2 is 1.80 bits per heavy atom.